The van der Waals surface area contributed by atoms with Crippen molar-refractivity contribution in [2.45, 2.75) is 58.5 Å². The first-order valence-corrected chi connectivity index (χ1v) is 12.8. The number of hydrogen-bond acceptors (Lipinski definition) is 4. The van der Waals surface area contributed by atoms with Crippen molar-refractivity contribution < 1.29 is 19.1 Å². The van der Waals surface area contributed by atoms with E-state index in [4.69, 9.17) is 16.3 Å². The zero-order valence-electron chi connectivity index (χ0n) is 21.6. The molecule has 37 heavy (non-hydrogen) atoms. The Morgan fingerprint density at radius 1 is 0.919 bits per heavy atom. The molecule has 3 rings (SSSR count). The predicted octanol–water partition coefficient (Wildman–Crippen LogP) is 7.04. The van der Waals surface area contributed by atoms with Crippen LogP contribution in [0.3, 0.4) is 0 Å². The van der Waals surface area contributed by atoms with E-state index in [1.165, 1.54) is 5.56 Å². The Morgan fingerprint density at radius 2 is 1.62 bits per heavy atom. The number of carbonyl (C=O) groups is 3. The molecule has 2 amide bonds. The summed E-state index contributed by atoms with van der Waals surface area (Å²) in [7, 11) is 0. The second-order valence-electron chi connectivity index (χ2n) is 9.47. The van der Waals surface area contributed by atoms with Crippen LogP contribution in [0.1, 0.15) is 62.9 Å². The molecular formula is C30H33ClN2O4. The second-order valence-corrected chi connectivity index (χ2v) is 9.88. The molecule has 1 atom stereocenters. The molecule has 2 N–H and O–H groups in total. The number of ether oxygens (including phenoxy) is 1. The first-order chi connectivity index (χ1) is 17.6. The lowest BCUT2D eigenvalue weighted by molar-refractivity contribution is -0.122. The maximum absolute atomic E-state index is 12.9. The summed E-state index contributed by atoms with van der Waals surface area (Å²) in [4.78, 5) is 37.9. The van der Waals surface area contributed by atoms with Gasteiger partial charge >= 0.3 is 0 Å². The topological polar surface area (TPSA) is 84.5 Å². The molecule has 1 unspecified atom stereocenters. The molecule has 3 aromatic carbocycles. The molecule has 0 bridgehead atoms. The Bertz CT molecular complexity index is 1250. The van der Waals surface area contributed by atoms with E-state index in [1.807, 2.05) is 31.2 Å². The molecule has 0 saturated heterocycles. The van der Waals surface area contributed by atoms with Crippen molar-refractivity contribution in [1.82, 2.24) is 0 Å². The predicted molar refractivity (Wildman–Crippen MR) is 149 cm³/mol. The number of halogens is 1. The average molecular weight is 521 g/mol. The fourth-order valence-corrected chi connectivity index (χ4v) is 3.86. The Balaban J connectivity index is 1.61. The Hall–Kier alpha value is -3.64. The van der Waals surface area contributed by atoms with Gasteiger partial charge in [-0.1, -0.05) is 75.7 Å². The van der Waals surface area contributed by atoms with Gasteiger partial charge in [-0.3, -0.25) is 14.4 Å². The lowest BCUT2D eigenvalue weighted by atomic mass is 9.82. The van der Waals surface area contributed by atoms with E-state index in [9.17, 15) is 14.4 Å². The van der Waals surface area contributed by atoms with E-state index < -0.39 is 12.0 Å². The fraction of sp³-hybridized carbons (Fsp3) is 0.300. The second kappa shape index (κ2) is 12.5. The van der Waals surface area contributed by atoms with E-state index in [1.54, 1.807) is 48.5 Å². The number of rotatable bonds is 11. The molecule has 0 fully saturated rings. The molecule has 0 aliphatic heterocycles. The van der Waals surface area contributed by atoms with Crippen LogP contribution in [0.25, 0.3) is 0 Å². The zero-order valence-corrected chi connectivity index (χ0v) is 22.4. The number of anilines is 2. The van der Waals surface area contributed by atoms with Crippen molar-refractivity contribution in [3.8, 4) is 5.75 Å². The molecule has 0 spiro atoms. The van der Waals surface area contributed by atoms with Crippen LogP contribution < -0.4 is 15.4 Å². The minimum Gasteiger partial charge on any atom is -0.481 e. The third kappa shape index (κ3) is 7.67. The largest absolute Gasteiger partial charge is 0.481 e. The van der Waals surface area contributed by atoms with Gasteiger partial charge in [-0.2, -0.15) is 0 Å². The number of para-hydroxylation sites is 1. The Labute approximate surface area is 223 Å². The molecule has 194 valence electrons. The highest BCUT2D eigenvalue weighted by atomic mass is 35.5. The lowest BCUT2D eigenvalue weighted by Crippen LogP contribution is -2.32. The number of nitrogens with one attached hydrogen (secondary N) is 2. The summed E-state index contributed by atoms with van der Waals surface area (Å²) in [6.45, 7) is 8.40. The first kappa shape index (κ1) is 27.9. The molecule has 3 aromatic rings. The molecule has 0 saturated carbocycles. The number of ketones is 1. The van der Waals surface area contributed by atoms with Crippen molar-refractivity contribution in [1.29, 1.82) is 0 Å². The van der Waals surface area contributed by atoms with Crippen molar-refractivity contribution in [3.63, 3.8) is 0 Å². The van der Waals surface area contributed by atoms with Crippen LogP contribution in [0.2, 0.25) is 5.02 Å². The van der Waals surface area contributed by atoms with Crippen LogP contribution >= 0.6 is 11.6 Å². The number of amides is 2. The third-order valence-electron chi connectivity index (χ3n) is 6.38. The van der Waals surface area contributed by atoms with Gasteiger partial charge in [-0.25, -0.2) is 0 Å². The normalized spacial score (nSPS) is 11.9. The minimum absolute atomic E-state index is 0.0672. The average Bonchev–Trinajstić information content (AvgIpc) is 2.89. The quantitative estimate of drug-likeness (QED) is 0.210. The summed E-state index contributed by atoms with van der Waals surface area (Å²) in [5, 5.41) is 5.85. The van der Waals surface area contributed by atoms with E-state index in [0.717, 1.165) is 6.42 Å². The van der Waals surface area contributed by atoms with Gasteiger partial charge in [0.1, 0.15) is 5.75 Å². The van der Waals surface area contributed by atoms with Gasteiger partial charge in [-0.15, -0.1) is 0 Å². The summed E-state index contributed by atoms with van der Waals surface area (Å²) >= 11 is 6.06. The minimum atomic E-state index is -0.703. The van der Waals surface area contributed by atoms with E-state index in [2.05, 4.69) is 31.4 Å². The Morgan fingerprint density at radius 3 is 2.27 bits per heavy atom. The van der Waals surface area contributed by atoms with E-state index in [0.29, 0.717) is 34.1 Å². The van der Waals surface area contributed by atoms with Gasteiger partial charge in [0.2, 0.25) is 5.91 Å². The highest BCUT2D eigenvalue weighted by Gasteiger charge is 2.21. The molecule has 0 aliphatic carbocycles. The third-order valence-corrected chi connectivity index (χ3v) is 6.71. The van der Waals surface area contributed by atoms with E-state index >= 15 is 0 Å². The summed E-state index contributed by atoms with van der Waals surface area (Å²) in [5.74, 6) is -0.549. The van der Waals surface area contributed by atoms with Gasteiger partial charge in [0, 0.05) is 11.3 Å². The summed E-state index contributed by atoms with van der Waals surface area (Å²) in [6.07, 6.45) is 0.426. The van der Waals surface area contributed by atoms with Crippen LogP contribution in [-0.2, 0) is 15.0 Å². The fourth-order valence-electron chi connectivity index (χ4n) is 3.67. The molecule has 0 heterocycles. The zero-order chi connectivity index (χ0) is 27.0. The first-order valence-electron chi connectivity index (χ1n) is 12.4. The molecule has 0 aliphatic rings. The highest BCUT2D eigenvalue weighted by Crippen LogP contribution is 2.28. The number of hydrogen-bond donors (Lipinski definition) is 2. The van der Waals surface area contributed by atoms with Gasteiger partial charge in [-0.05, 0) is 60.2 Å². The van der Waals surface area contributed by atoms with Gasteiger partial charge in [0.25, 0.3) is 5.91 Å². The van der Waals surface area contributed by atoms with E-state index in [-0.39, 0.29) is 23.5 Å². The molecule has 6 nitrogen and oxygen atoms in total. The maximum Gasteiger partial charge on any atom is 0.265 e. The van der Waals surface area contributed by atoms with Crippen molar-refractivity contribution in [2.75, 3.05) is 10.6 Å². The van der Waals surface area contributed by atoms with Gasteiger partial charge < -0.3 is 15.4 Å². The number of carbonyl (C=O) groups excluding carboxylic acids is 3. The van der Waals surface area contributed by atoms with Crippen molar-refractivity contribution in [2.24, 2.45) is 0 Å². The van der Waals surface area contributed by atoms with Crippen LogP contribution in [0.4, 0.5) is 11.4 Å². The van der Waals surface area contributed by atoms with Crippen molar-refractivity contribution >= 4 is 40.6 Å². The van der Waals surface area contributed by atoms with Crippen LogP contribution in [-0.4, -0.2) is 23.7 Å². The van der Waals surface area contributed by atoms with Crippen LogP contribution in [0.5, 0.6) is 5.75 Å². The summed E-state index contributed by atoms with van der Waals surface area (Å²) in [5.41, 5.74) is 2.48. The summed E-state index contributed by atoms with van der Waals surface area (Å²) in [6, 6.07) is 21.1. The molecule has 7 heteroatoms. The Kier molecular flexibility index (Phi) is 9.48. The lowest BCUT2D eigenvalue weighted by Gasteiger charge is -2.24. The summed E-state index contributed by atoms with van der Waals surface area (Å²) < 4.78 is 5.95. The van der Waals surface area contributed by atoms with Crippen molar-refractivity contribution in [3.05, 3.63) is 88.9 Å². The van der Waals surface area contributed by atoms with Gasteiger partial charge in [0.15, 0.2) is 11.9 Å². The standard InChI is InChI=1S/C30H33ClN2O4/c1-5-27(37-23-16-14-21(15-17-23)30(3,4)6-2)29(36)32-22-11-9-10-20(18-22)26(34)19-28(35)33-25-13-8-7-12-24(25)31/h7-18,27H,5-6,19H2,1-4H3,(H,32,36)(H,33,35). The highest BCUT2D eigenvalue weighted by molar-refractivity contribution is 6.33. The van der Waals surface area contributed by atoms with Crippen LogP contribution in [0.15, 0.2) is 72.8 Å². The smallest absolute Gasteiger partial charge is 0.265 e. The molecule has 0 aromatic heterocycles. The SMILES string of the molecule is CCC(Oc1ccc(C(C)(C)CC)cc1)C(=O)Nc1cccc(C(=O)CC(=O)Nc2ccccc2Cl)c1. The van der Waals surface area contributed by atoms with Crippen LogP contribution in [0, 0.1) is 0 Å². The molecular weight excluding hydrogens is 488 g/mol. The number of Topliss-reactive ketones (excluding diaryl/α,β-unsaturated/α-hetero) is 1. The maximum atomic E-state index is 12.9. The molecule has 0 radical (unpaired) electrons. The van der Waals surface area contributed by atoms with Gasteiger partial charge in [0.05, 0.1) is 17.1 Å². The number of benzene rings is 3. The monoisotopic (exact) mass is 520 g/mol.